The molecule has 2 heterocycles. The summed E-state index contributed by atoms with van der Waals surface area (Å²) in [5.41, 5.74) is 4.24. The maximum absolute atomic E-state index is 11.4. The van der Waals surface area contributed by atoms with Crippen LogP contribution in [0.1, 0.15) is 40.5 Å². The SMILES string of the molecule is COCCc1nc2cc(C(=O)O)ccc2n1-c1cccc(C2CCN(CCOC)CC2)c1. The molecule has 32 heavy (non-hydrogen) atoms. The molecule has 1 saturated heterocycles. The van der Waals surface area contributed by atoms with Gasteiger partial charge in [-0.05, 0) is 67.7 Å². The van der Waals surface area contributed by atoms with Crippen LogP contribution < -0.4 is 0 Å². The minimum Gasteiger partial charge on any atom is -0.478 e. The summed E-state index contributed by atoms with van der Waals surface area (Å²) in [5, 5.41) is 9.36. The number of benzene rings is 2. The molecule has 170 valence electrons. The van der Waals surface area contributed by atoms with E-state index in [2.05, 4.69) is 33.7 Å². The Morgan fingerprint density at radius 2 is 1.88 bits per heavy atom. The summed E-state index contributed by atoms with van der Waals surface area (Å²) in [5.74, 6) is 0.458. The van der Waals surface area contributed by atoms with Crippen molar-refractivity contribution in [3.8, 4) is 5.69 Å². The summed E-state index contributed by atoms with van der Waals surface area (Å²) in [7, 11) is 3.43. The predicted octanol–water partition coefficient (Wildman–Crippen LogP) is 3.74. The Morgan fingerprint density at radius 3 is 2.59 bits per heavy atom. The monoisotopic (exact) mass is 437 g/mol. The lowest BCUT2D eigenvalue weighted by Crippen LogP contribution is -2.35. The first-order valence-electron chi connectivity index (χ1n) is 11.2. The number of piperidine rings is 1. The maximum atomic E-state index is 11.4. The third kappa shape index (κ3) is 4.85. The molecule has 0 saturated carbocycles. The molecule has 1 N–H and O–H groups in total. The Bertz CT molecular complexity index is 1070. The highest BCUT2D eigenvalue weighted by molar-refractivity contribution is 5.92. The van der Waals surface area contributed by atoms with Crippen molar-refractivity contribution in [1.29, 1.82) is 0 Å². The van der Waals surface area contributed by atoms with Gasteiger partial charge in [0.25, 0.3) is 0 Å². The molecule has 1 aliphatic heterocycles. The van der Waals surface area contributed by atoms with Gasteiger partial charge in [-0.1, -0.05) is 12.1 Å². The summed E-state index contributed by atoms with van der Waals surface area (Å²) in [6.07, 6.45) is 2.92. The van der Waals surface area contributed by atoms with E-state index in [1.807, 2.05) is 6.07 Å². The van der Waals surface area contributed by atoms with E-state index in [0.29, 0.717) is 24.5 Å². The number of methoxy groups -OCH3 is 2. The molecule has 2 aromatic carbocycles. The average Bonchev–Trinajstić information content (AvgIpc) is 3.19. The first-order valence-corrected chi connectivity index (χ1v) is 11.2. The van der Waals surface area contributed by atoms with E-state index in [4.69, 9.17) is 14.5 Å². The van der Waals surface area contributed by atoms with Gasteiger partial charge in [-0.25, -0.2) is 9.78 Å². The van der Waals surface area contributed by atoms with Gasteiger partial charge in [0.05, 0.1) is 29.8 Å². The fourth-order valence-electron chi connectivity index (χ4n) is 4.54. The lowest BCUT2D eigenvalue weighted by molar-refractivity contribution is 0.0697. The molecule has 0 spiro atoms. The summed E-state index contributed by atoms with van der Waals surface area (Å²) in [6, 6.07) is 13.8. The number of rotatable bonds is 9. The number of fused-ring (bicyclic) bond motifs is 1. The molecule has 0 aliphatic carbocycles. The van der Waals surface area contributed by atoms with Gasteiger partial charge in [-0.2, -0.15) is 0 Å². The lowest BCUT2D eigenvalue weighted by atomic mass is 9.89. The van der Waals surface area contributed by atoms with E-state index < -0.39 is 5.97 Å². The topological polar surface area (TPSA) is 76.8 Å². The zero-order chi connectivity index (χ0) is 22.5. The van der Waals surface area contributed by atoms with Crippen LogP contribution in [0.4, 0.5) is 0 Å². The zero-order valence-corrected chi connectivity index (χ0v) is 18.8. The van der Waals surface area contributed by atoms with Gasteiger partial charge in [-0.3, -0.25) is 4.57 Å². The second kappa shape index (κ2) is 10.3. The minimum atomic E-state index is -0.946. The van der Waals surface area contributed by atoms with E-state index in [-0.39, 0.29) is 5.56 Å². The van der Waals surface area contributed by atoms with Gasteiger partial charge in [0.2, 0.25) is 0 Å². The number of aromatic nitrogens is 2. The van der Waals surface area contributed by atoms with Crippen molar-refractivity contribution in [1.82, 2.24) is 14.5 Å². The van der Waals surface area contributed by atoms with Crippen LogP contribution in [0.25, 0.3) is 16.7 Å². The Hall–Kier alpha value is -2.74. The third-order valence-electron chi connectivity index (χ3n) is 6.30. The molecular formula is C25H31N3O4. The van der Waals surface area contributed by atoms with Gasteiger partial charge in [0.1, 0.15) is 5.82 Å². The van der Waals surface area contributed by atoms with Crippen LogP contribution in [0.3, 0.4) is 0 Å². The second-order valence-corrected chi connectivity index (χ2v) is 8.32. The molecule has 1 aromatic heterocycles. The first-order chi connectivity index (χ1) is 15.6. The molecule has 3 aromatic rings. The van der Waals surface area contributed by atoms with Gasteiger partial charge in [-0.15, -0.1) is 0 Å². The van der Waals surface area contributed by atoms with Crippen molar-refractivity contribution in [2.24, 2.45) is 0 Å². The van der Waals surface area contributed by atoms with E-state index in [0.717, 1.165) is 56.1 Å². The Labute approximate surface area is 188 Å². The number of carboxylic acids is 1. The Morgan fingerprint density at radius 1 is 1.09 bits per heavy atom. The van der Waals surface area contributed by atoms with E-state index >= 15 is 0 Å². The number of hydrogen-bond donors (Lipinski definition) is 1. The van der Waals surface area contributed by atoms with Crippen LogP contribution in [0.2, 0.25) is 0 Å². The first kappa shape index (κ1) is 22.5. The quantitative estimate of drug-likeness (QED) is 0.550. The van der Waals surface area contributed by atoms with Crippen LogP contribution in [0, 0.1) is 0 Å². The summed E-state index contributed by atoms with van der Waals surface area (Å²) in [6.45, 7) is 4.49. The maximum Gasteiger partial charge on any atom is 0.335 e. The van der Waals surface area contributed by atoms with E-state index in [9.17, 15) is 9.90 Å². The van der Waals surface area contributed by atoms with Crippen molar-refractivity contribution in [3.05, 3.63) is 59.4 Å². The number of carboxylic acid groups (broad SMARTS) is 1. The van der Waals surface area contributed by atoms with Crippen molar-refractivity contribution < 1.29 is 19.4 Å². The minimum absolute atomic E-state index is 0.245. The van der Waals surface area contributed by atoms with Gasteiger partial charge in [0, 0.05) is 32.9 Å². The molecule has 0 radical (unpaired) electrons. The van der Waals surface area contributed by atoms with Crippen LogP contribution in [-0.2, 0) is 15.9 Å². The Balaban J connectivity index is 1.64. The molecule has 7 heteroatoms. The molecule has 0 amide bonds. The fourth-order valence-corrected chi connectivity index (χ4v) is 4.54. The van der Waals surface area contributed by atoms with Gasteiger partial charge in [0.15, 0.2) is 0 Å². The molecule has 0 unspecified atom stereocenters. The predicted molar refractivity (Wildman–Crippen MR) is 124 cm³/mol. The number of carbonyl (C=O) groups is 1. The van der Waals surface area contributed by atoms with Gasteiger partial charge < -0.3 is 19.5 Å². The number of hydrogen-bond acceptors (Lipinski definition) is 5. The summed E-state index contributed by atoms with van der Waals surface area (Å²) >= 11 is 0. The van der Waals surface area contributed by atoms with Crippen molar-refractivity contribution >= 4 is 17.0 Å². The van der Waals surface area contributed by atoms with Crippen LogP contribution in [0.5, 0.6) is 0 Å². The highest BCUT2D eigenvalue weighted by atomic mass is 16.5. The fraction of sp³-hybridized carbons (Fsp3) is 0.440. The van der Waals surface area contributed by atoms with E-state index in [1.54, 1.807) is 26.4 Å². The zero-order valence-electron chi connectivity index (χ0n) is 18.8. The Kier molecular flexibility index (Phi) is 7.19. The second-order valence-electron chi connectivity index (χ2n) is 8.32. The van der Waals surface area contributed by atoms with Crippen molar-refractivity contribution in [2.75, 3.05) is 47.1 Å². The number of likely N-dealkylation sites (tertiary alicyclic amines) is 1. The third-order valence-corrected chi connectivity index (χ3v) is 6.30. The highest BCUT2D eigenvalue weighted by Gasteiger charge is 2.21. The molecule has 4 rings (SSSR count). The average molecular weight is 438 g/mol. The van der Waals surface area contributed by atoms with Crippen molar-refractivity contribution in [3.63, 3.8) is 0 Å². The molecule has 0 bridgehead atoms. The molecule has 1 aliphatic rings. The smallest absolute Gasteiger partial charge is 0.335 e. The van der Waals surface area contributed by atoms with Gasteiger partial charge >= 0.3 is 5.97 Å². The van der Waals surface area contributed by atoms with Crippen LogP contribution >= 0.6 is 0 Å². The standard InChI is InChI=1S/C25H31N3O4/c1-31-14-10-24-26-22-17-20(25(29)30)6-7-23(22)28(24)21-5-3-4-19(16-21)18-8-11-27(12-9-18)13-15-32-2/h3-7,16-18H,8-15H2,1-2H3,(H,29,30). The number of imidazole rings is 1. The normalized spacial score (nSPS) is 15.4. The summed E-state index contributed by atoms with van der Waals surface area (Å²) in [4.78, 5) is 18.6. The number of ether oxygens (including phenoxy) is 2. The summed E-state index contributed by atoms with van der Waals surface area (Å²) < 4.78 is 12.6. The van der Waals surface area contributed by atoms with Crippen LogP contribution in [-0.4, -0.2) is 72.6 Å². The van der Waals surface area contributed by atoms with Crippen LogP contribution in [0.15, 0.2) is 42.5 Å². The largest absolute Gasteiger partial charge is 0.478 e. The van der Waals surface area contributed by atoms with E-state index in [1.165, 1.54) is 5.56 Å². The molecule has 1 fully saturated rings. The number of nitrogens with zero attached hydrogens (tertiary/aromatic N) is 3. The molecule has 0 atom stereocenters. The lowest BCUT2D eigenvalue weighted by Gasteiger charge is -2.32. The molecular weight excluding hydrogens is 406 g/mol. The highest BCUT2D eigenvalue weighted by Crippen LogP contribution is 2.31. The number of aromatic carboxylic acids is 1. The molecule has 7 nitrogen and oxygen atoms in total. The van der Waals surface area contributed by atoms with Crippen molar-refractivity contribution in [2.45, 2.75) is 25.2 Å².